The molecule has 0 aliphatic carbocycles. The summed E-state index contributed by atoms with van der Waals surface area (Å²) in [6.45, 7) is 3.88. The first-order chi connectivity index (χ1) is 7.81. The van der Waals surface area contributed by atoms with Crippen molar-refractivity contribution < 1.29 is 9.53 Å². The fraction of sp³-hybridized carbons (Fsp3) is 0.0909. The lowest BCUT2D eigenvalue weighted by Gasteiger charge is -2.01. The van der Waals surface area contributed by atoms with Crippen LogP contribution in [-0.2, 0) is 0 Å². The monoisotopic (exact) mass is 234 g/mol. The number of nitrogens with one attached hydrogen (secondary N) is 1. The number of rotatable bonds is 3. The van der Waals surface area contributed by atoms with E-state index >= 15 is 0 Å². The van der Waals surface area contributed by atoms with Crippen molar-refractivity contribution >= 4 is 28.5 Å². The van der Waals surface area contributed by atoms with Gasteiger partial charge in [0.1, 0.15) is 0 Å². The SMILES string of the molecule is C=CCNC(=O)Oc1snc2ccccc12. The molecule has 82 valence electrons. The number of carbonyl (C=O) groups excluding carboxylic acids is 1. The molecule has 0 atom stereocenters. The molecule has 0 radical (unpaired) electrons. The molecular formula is C11H10N2O2S. The summed E-state index contributed by atoms with van der Waals surface area (Å²) >= 11 is 1.17. The molecule has 0 unspecified atom stereocenters. The summed E-state index contributed by atoms with van der Waals surface area (Å²) in [4.78, 5) is 11.3. The predicted octanol–water partition coefficient (Wildman–Crippen LogP) is 2.57. The Morgan fingerprint density at radius 2 is 2.38 bits per heavy atom. The minimum atomic E-state index is -0.491. The van der Waals surface area contributed by atoms with Crippen molar-refractivity contribution in [1.82, 2.24) is 9.69 Å². The Kier molecular flexibility index (Phi) is 3.16. The standard InChI is InChI=1S/C11H10N2O2S/c1-2-7-12-11(14)15-10-8-5-3-4-6-9(8)13-16-10/h2-6H,1,7H2,(H,12,14). The van der Waals surface area contributed by atoms with Gasteiger partial charge in [-0.05, 0) is 12.1 Å². The largest absolute Gasteiger partial charge is 0.413 e. The van der Waals surface area contributed by atoms with E-state index in [9.17, 15) is 4.79 Å². The zero-order chi connectivity index (χ0) is 11.4. The number of amides is 1. The lowest BCUT2D eigenvalue weighted by atomic mass is 10.3. The van der Waals surface area contributed by atoms with Gasteiger partial charge < -0.3 is 10.1 Å². The number of fused-ring (bicyclic) bond motifs is 1. The molecule has 1 heterocycles. The average Bonchev–Trinajstić information content (AvgIpc) is 2.70. The van der Waals surface area contributed by atoms with Gasteiger partial charge in [-0.15, -0.1) is 6.58 Å². The van der Waals surface area contributed by atoms with E-state index in [1.54, 1.807) is 6.08 Å². The lowest BCUT2D eigenvalue weighted by Crippen LogP contribution is -2.26. The number of ether oxygens (including phenoxy) is 1. The van der Waals surface area contributed by atoms with E-state index in [1.807, 2.05) is 24.3 Å². The van der Waals surface area contributed by atoms with Gasteiger partial charge in [-0.1, -0.05) is 18.2 Å². The maximum Gasteiger partial charge on any atom is 0.413 e. The molecule has 0 saturated heterocycles. The van der Waals surface area contributed by atoms with Crippen LogP contribution in [0.2, 0.25) is 0 Å². The van der Waals surface area contributed by atoms with Crippen LogP contribution >= 0.6 is 11.5 Å². The Hall–Kier alpha value is -1.88. The van der Waals surface area contributed by atoms with Crippen molar-refractivity contribution in [2.75, 3.05) is 6.54 Å². The fourth-order valence-electron chi connectivity index (χ4n) is 1.22. The van der Waals surface area contributed by atoms with Gasteiger partial charge in [0.15, 0.2) is 0 Å². The predicted molar refractivity (Wildman–Crippen MR) is 63.8 cm³/mol. The summed E-state index contributed by atoms with van der Waals surface area (Å²) in [5.41, 5.74) is 0.832. The summed E-state index contributed by atoms with van der Waals surface area (Å²) in [5, 5.41) is 3.89. The summed E-state index contributed by atoms with van der Waals surface area (Å²) in [6.07, 6.45) is 1.10. The van der Waals surface area contributed by atoms with E-state index in [0.29, 0.717) is 11.6 Å². The Balaban J connectivity index is 2.15. The minimum absolute atomic E-state index is 0.384. The zero-order valence-corrected chi connectivity index (χ0v) is 9.29. The molecule has 0 bridgehead atoms. The molecule has 0 fully saturated rings. The van der Waals surface area contributed by atoms with Crippen molar-refractivity contribution in [3.05, 3.63) is 36.9 Å². The molecule has 4 nitrogen and oxygen atoms in total. The smallest absolute Gasteiger partial charge is 0.397 e. The van der Waals surface area contributed by atoms with Crippen LogP contribution in [0.15, 0.2) is 36.9 Å². The number of carbonyl (C=O) groups is 1. The second kappa shape index (κ2) is 4.76. The van der Waals surface area contributed by atoms with Gasteiger partial charge >= 0.3 is 6.09 Å². The molecule has 0 spiro atoms. The molecule has 0 aliphatic heterocycles. The van der Waals surface area contributed by atoms with Crippen LogP contribution in [0.5, 0.6) is 5.06 Å². The van der Waals surface area contributed by atoms with Crippen LogP contribution in [0.25, 0.3) is 10.9 Å². The summed E-state index contributed by atoms with van der Waals surface area (Å²) in [6, 6.07) is 7.52. The molecule has 1 aromatic heterocycles. The first kappa shape index (κ1) is 10.6. The van der Waals surface area contributed by atoms with Crippen molar-refractivity contribution in [3.63, 3.8) is 0 Å². The van der Waals surface area contributed by atoms with Crippen molar-refractivity contribution in [3.8, 4) is 5.06 Å². The molecule has 2 aromatic rings. The number of hydrogen-bond acceptors (Lipinski definition) is 4. The Morgan fingerprint density at radius 3 is 3.19 bits per heavy atom. The highest BCUT2D eigenvalue weighted by Gasteiger charge is 2.10. The quantitative estimate of drug-likeness (QED) is 0.830. The first-order valence-electron chi connectivity index (χ1n) is 4.72. The second-order valence-corrected chi connectivity index (χ2v) is 3.78. The molecule has 1 N–H and O–H groups in total. The molecule has 1 aromatic carbocycles. The normalized spacial score (nSPS) is 10.0. The van der Waals surface area contributed by atoms with E-state index in [-0.39, 0.29) is 0 Å². The Bertz CT molecular complexity index is 521. The molecule has 2 rings (SSSR count). The van der Waals surface area contributed by atoms with Crippen LogP contribution in [0.4, 0.5) is 4.79 Å². The van der Waals surface area contributed by atoms with Crippen molar-refractivity contribution in [2.45, 2.75) is 0 Å². The van der Waals surface area contributed by atoms with E-state index in [1.165, 1.54) is 11.5 Å². The minimum Gasteiger partial charge on any atom is -0.397 e. The fourth-order valence-corrected chi connectivity index (χ4v) is 1.94. The highest BCUT2D eigenvalue weighted by Crippen LogP contribution is 2.29. The van der Waals surface area contributed by atoms with Crippen LogP contribution in [0, 0.1) is 0 Å². The van der Waals surface area contributed by atoms with E-state index in [4.69, 9.17) is 4.74 Å². The molecule has 1 amide bonds. The van der Waals surface area contributed by atoms with Gasteiger partial charge in [0.25, 0.3) is 0 Å². The van der Waals surface area contributed by atoms with Crippen LogP contribution in [0.3, 0.4) is 0 Å². The van der Waals surface area contributed by atoms with Gasteiger partial charge in [-0.25, -0.2) is 4.79 Å². The third-order valence-corrected chi connectivity index (χ3v) is 2.68. The summed E-state index contributed by atoms with van der Waals surface area (Å²) in [5.74, 6) is 0. The van der Waals surface area contributed by atoms with Gasteiger partial charge in [-0.2, -0.15) is 4.37 Å². The second-order valence-electron chi connectivity index (χ2n) is 3.05. The van der Waals surface area contributed by atoms with Crippen LogP contribution < -0.4 is 10.1 Å². The van der Waals surface area contributed by atoms with Crippen molar-refractivity contribution in [1.29, 1.82) is 0 Å². The van der Waals surface area contributed by atoms with Crippen LogP contribution in [0.1, 0.15) is 0 Å². The number of nitrogens with zero attached hydrogens (tertiary/aromatic N) is 1. The van der Waals surface area contributed by atoms with Gasteiger partial charge in [0, 0.05) is 18.1 Å². The number of aromatic nitrogens is 1. The van der Waals surface area contributed by atoms with Gasteiger partial charge in [-0.3, -0.25) is 0 Å². The molecule has 0 saturated carbocycles. The summed E-state index contributed by atoms with van der Waals surface area (Å²) < 4.78 is 9.30. The van der Waals surface area contributed by atoms with Crippen LogP contribution in [-0.4, -0.2) is 17.0 Å². The highest BCUT2D eigenvalue weighted by molar-refractivity contribution is 7.09. The van der Waals surface area contributed by atoms with Gasteiger partial charge in [0.2, 0.25) is 5.06 Å². The third kappa shape index (κ3) is 2.20. The molecular weight excluding hydrogens is 224 g/mol. The van der Waals surface area contributed by atoms with E-state index in [0.717, 1.165) is 10.9 Å². The molecule has 0 aliphatic rings. The first-order valence-corrected chi connectivity index (χ1v) is 5.49. The number of hydrogen-bond donors (Lipinski definition) is 1. The highest BCUT2D eigenvalue weighted by atomic mass is 32.1. The average molecular weight is 234 g/mol. The Labute approximate surface area is 96.7 Å². The maximum atomic E-state index is 11.3. The Morgan fingerprint density at radius 1 is 1.56 bits per heavy atom. The van der Waals surface area contributed by atoms with E-state index < -0.39 is 6.09 Å². The molecule has 16 heavy (non-hydrogen) atoms. The third-order valence-electron chi connectivity index (χ3n) is 1.93. The molecule has 5 heteroatoms. The van der Waals surface area contributed by atoms with Crippen molar-refractivity contribution in [2.24, 2.45) is 0 Å². The topological polar surface area (TPSA) is 51.2 Å². The van der Waals surface area contributed by atoms with Gasteiger partial charge in [0.05, 0.1) is 10.9 Å². The number of benzene rings is 1. The van der Waals surface area contributed by atoms with E-state index in [2.05, 4.69) is 16.3 Å². The summed E-state index contributed by atoms with van der Waals surface area (Å²) in [7, 11) is 0. The zero-order valence-electron chi connectivity index (χ0n) is 8.47. The lowest BCUT2D eigenvalue weighted by molar-refractivity contribution is 0.203. The maximum absolute atomic E-state index is 11.3.